The lowest BCUT2D eigenvalue weighted by atomic mass is 10.2. The molecule has 25 heavy (non-hydrogen) atoms. The lowest BCUT2D eigenvalue weighted by Crippen LogP contribution is -2.06. The first-order valence-electron chi connectivity index (χ1n) is 7.71. The Morgan fingerprint density at radius 2 is 1.88 bits per heavy atom. The molecule has 2 N–H and O–H groups in total. The van der Waals surface area contributed by atoms with Gasteiger partial charge in [-0.3, -0.25) is 0 Å². The van der Waals surface area contributed by atoms with Crippen LogP contribution in [-0.2, 0) is 6.54 Å². The summed E-state index contributed by atoms with van der Waals surface area (Å²) in [5, 5.41) is 14.2. The quantitative estimate of drug-likeness (QED) is 0.361. The predicted octanol–water partition coefficient (Wildman–Crippen LogP) is 3.54. The third kappa shape index (κ3) is 5.15. The van der Waals surface area contributed by atoms with Crippen LogP contribution in [0.4, 0.5) is 0 Å². The van der Waals surface area contributed by atoms with Gasteiger partial charge in [-0.1, -0.05) is 6.07 Å². The zero-order chi connectivity index (χ0) is 18.2. The van der Waals surface area contributed by atoms with Crippen molar-refractivity contribution in [2.75, 3.05) is 20.8 Å². The number of nitrogens with zero attached hydrogens (tertiary/aromatic N) is 1. The van der Waals surface area contributed by atoms with Crippen LogP contribution >= 0.6 is 22.6 Å². The molecule has 0 spiro atoms. The summed E-state index contributed by atoms with van der Waals surface area (Å²) < 4.78 is 16.6. The Morgan fingerprint density at radius 1 is 1.12 bits per heavy atom. The molecular weight excluding hydrogens is 435 g/mol. The standard InChI is InChI=1S/C18H21IN2O4/c1-4-25-17-9-13(7-14(19)18(17)22)11-21-20-10-12-5-6-15(23-2)16(8-12)24-3/h5-9,11,20,22H,4,10H2,1-3H3/b21-11-. The van der Waals surface area contributed by atoms with Gasteiger partial charge in [0.1, 0.15) is 0 Å². The first-order valence-corrected chi connectivity index (χ1v) is 8.79. The van der Waals surface area contributed by atoms with Crippen molar-refractivity contribution in [3.8, 4) is 23.0 Å². The van der Waals surface area contributed by atoms with Gasteiger partial charge in [-0.2, -0.15) is 5.10 Å². The second kappa shape index (κ2) is 9.36. The van der Waals surface area contributed by atoms with Crippen molar-refractivity contribution in [2.45, 2.75) is 13.5 Å². The van der Waals surface area contributed by atoms with Gasteiger partial charge < -0.3 is 24.7 Å². The second-order valence-electron chi connectivity index (χ2n) is 5.06. The SMILES string of the molecule is CCOc1cc(/C=N\NCc2ccc(OC)c(OC)c2)cc(I)c1O. The summed E-state index contributed by atoms with van der Waals surface area (Å²) in [5.74, 6) is 1.98. The van der Waals surface area contributed by atoms with E-state index in [1.165, 1.54) is 0 Å². The van der Waals surface area contributed by atoms with Gasteiger partial charge in [0, 0.05) is 0 Å². The number of ether oxygens (including phenoxy) is 3. The van der Waals surface area contributed by atoms with Crippen LogP contribution in [0.25, 0.3) is 0 Å². The highest BCUT2D eigenvalue weighted by atomic mass is 127. The fourth-order valence-corrected chi connectivity index (χ4v) is 2.81. The molecule has 2 aromatic carbocycles. The molecule has 0 heterocycles. The molecule has 6 nitrogen and oxygen atoms in total. The van der Waals surface area contributed by atoms with Crippen molar-refractivity contribution in [1.29, 1.82) is 0 Å². The van der Waals surface area contributed by atoms with Crippen molar-refractivity contribution < 1.29 is 19.3 Å². The van der Waals surface area contributed by atoms with Crippen LogP contribution in [0.3, 0.4) is 0 Å². The molecule has 7 heteroatoms. The van der Waals surface area contributed by atoms with E-state index in [-0.39, 0.29) is 5.75 Å². The van der Waals surface area contributed by atoms with Gasteiger partial charge in [0.25, 0.3) is 0 Å². The van der Waals surface area contributed by atoms with Gasteiger partial charge in [0.15, 0.2) is 23.0 Å². The molecule has 0 radical (unpaired) electrons. The van der Waals surface area contributed by atoms with Crippen LogP contribution in [0.1, 0.15) is 18.1 Å². The highest BCUT2D eigenvalue weighted by Crippen LogP contribution is 2.32. The number of hydrazone groups is 1. The van der Waals surface area contributed by atoms with Crippen LogP contribution < -0.4 is 19.6 Å². The predicted molar refractivity (Wildman–Crippen MR) is 106 cm³/mol. The maximum Gasteiger partial charge on any atom is 0.171 e. The number of rotatable bonds is 8. The smallest absolute Gasteiger partial charge is 0.171 e. The summed E-state index contributed by atoms with van der Waals surface area (Å²) in [6, 6.07) is 9.29. The van der Waals surface area contributed by atoms with Crippen LogP contribution in [0.15, 0.2) is 35.4 Å². The molecule has 0 amide bonds. The number of aromatic hydroxyl groups is 1. The number of benzene rings is 2. The van der Waals surface area contributed by atoms with Crippen LogP contribution in [-0.4, -0.2) is 32.1 Å². The molecule has 0 saturated carbocycles. The van der Waals surface area contributed by atoms with Crippen LogP contribution in [0, 0.1) is 3.57 Å². The number of phenols is 1. The Morgan fingerprint density at radius 3 is 2.56 bits per heavy atom. The molecule has 2 rings (SSSR count). The lowest BCUT2D eigenvalue weighted by Gasteiger charge is -2.09. The molecular formula is C18H21IN2O4. The minimum absolute atomic E-state index is 0.151. The van der Waals surface area contributed by atoms with Gasteiger partial charge in [0.2, 0.25) is 0 Å². The summed E-state index contributed by atoms with van der Waals surface area (Å²) in [7, 11) is 3.21. The Labute approximate surface area is 160 Å². The van der Waals surface area contributed by atoms with E-state index in [1.807, 2.05) is 31.2 Å². The maximum atomic E-state index is 9.95. The summed E-state index contributed by atoms with van der Waals surface area (Å²) in [4.78, 5) is 0. The van der Waals surface area contributed by atoms with E-state index in [9.17, 15) is 5.11 Å². The van der Waals surface area contributed by atoms with E-state index in [0.717, 1.165) is 11.1 Å². The number of nitrogens with one attached hydrogen (secondary N) is 1. The molecule has 0 aromatic heterocycles. The topological polar surface area (TPSA) is 72.3 Å². The fourth-order valence-electron chi connectivity index (χ4n) is 2.18. The maximum absolute atomic E-state index is 9.95. The molecule has 0 saturated heterocycles. The van der Waals surface area contributed by atoms with E-state index in [2.05, 4.69) is 33.1 Å². The average molecular weight is 456 g/mol. The van der Waals surface area contributed by atoms with Crippen molar-refractivity contribution in [2.24, 2.45) is 5.10 Å². The van der Waals surface area contributed by atoms with E-state index in [4.69, 9.17) is 14.2 Å². The minimum Gasteiger partial charge on any atom is -0.504 e. The van der Waals surface area contributed by atoms with Crippen LogP contribution in [0.2, 0.25) is 0 Å². The van der Waals surface area contributed by atoms with E-state index in [0.29, 0.717) is 34.0 Å². The summed E-state index contributed by atoms with van der Waals surface area (Å²) in [6.45, 7) is 2.91. The molecule has 0 bridgehead atoms. The number of hydrogen-bond acceptors (Lipinski definition) is 6. The monoisotopic (exact) mass is 456 g/mol. The van der Waals surface area contributed by atoms with Crippen molar-refractivity contribution in [3.05, 3.63) is 45.0 Å². The lowest BCUT2D eigenvalue weighted by molar-refractivity contribution is 0.317. The molecule has 0 aliphatic heterocycles. The molecule has 0 aliphatic carbocycles. The van der Waals surface area contributed by atoms with Gasteiger partial charge in [0.05, 0.1) is 37.2 Å². The molecule has 134 valence electrons. The Bertz CT molecular complexity index is 750. The van der Waals surface area contributed by atoms with Gasteiger partial charge in [-0.05, 0) is 64.9 Å². The normalized spacial score (nSPS) is 10.7. The second-order valence-corrected chi connectivity index (χ2v) is 6.23. The zero-order valence-corrected chi connectivity index (χ0v) is 16.5. The molecule has 0 unspecified atom stereocenters. The summed E-state index contributed by atoms with van der Waals surface area (Å²) in [6.07, 6.45) is 1.69. The van der Waals surface area contributed by atoms with E-state index >= 15 is 0 Å². The number of halogens is 1. The highest BCUT2D eigenvalue weighted by Gasteiger charge is 2.08. The fraction of sp³-hybridized carbons (Fsp3) is 0.278. The Balaban J connectivity index is 2.02. The number of phenolic OH excluding ortho intramolecular Hbond substituents is 1. The van der Waals surface area contributed by atoms with Crippen molar-refractivity contribution in [1.82, 2.24) is 5.43 Å². The summed E-state index contributed by atoms with van der Waals surface area (Å²) in [5.41, 5.74) is 4.85. The number of hydrogen-bond donors (Lipinski definition) is 2. The zero-order valence-electron chi connectivity index (χ0n) is 14.4. The molecule has 0 aliphatic rings. The van der Waals surface area contributed by atoms with Crippen LogP contribution in [0.5, 0.6) is 23.0 Å². The third-order valence-corrected chi connectivity index (χ3v) is 4.21. The Kier molecular flexibility index (Phi) is 7.17. The molecule has 2 aromatic rings. The molecule has 0 fully saturated rings. The largest absolute Gasteiger partial charge is 0.504 e. The first kappa shape index (κ1) is 19.2. The molecule has 0 atom stereocenters. The number of methoxy groups -OCH3 is 2. The van der Waals surface area contributed by atoms with Gasteiger partial charge in [-0.25, -0.2) is 0 Å². The van der Waals surface area contributed by atoms with Gasteiger partial charge in [-0.15, -0.1) is 0 Å². The van der Waals surface area contributed by atoms with E-state index in [1.54, 1.807) is 26.5 Å². The van der Waals surface area contributed by atoms with E-state index < -0.39 is 0 Å². The average Bonchev–Trinajstić information content (AvgIpc) is 2.62. The third-order valence-electron chi connectivity index (χ3n) is 3.39. The first-order chi connectivity index (χ1) is 12.1. The van der Waals surface area contributed by atoms with Crippen molar-refractivity contribution >= 4 is 28.8 Å². The van der Waals surface area contributed by atoms with Gasteiger partial charge >= 0.3 is 0 Å². The minimum atomic E-state index is 0.151. The summed E-state index contributed by atoms with van der Waals surface area (Å²) >= 11 is 2.06. The highest BCUT2D eigenvalue weighted by molar-refractivity contribution is 14.1. The van der Waals surface area contributed by atoms with Crippen molar-refractivity contribution in [3.63, 3.8) is 0 Å². The Hall–Kier alpha value is -2.16.